The van der Waals surface area contributed by atoms with Crippen molar-refractivity contribution in [2.24, 2.45) is 0 Å². The first-order chi connectivity index (χ1) is 7.23. The lowest BCUT2D eigenvalue weighted by atomic mass is 9.80. The van der Waals surface area contributed by atoms with Gasteiger partial charge in [0.25, 0.3) is 0 Å². The Morgan fingerprint density at radius 1 is 1.20 bits per heavy atom. The Bertz CT molecular complexity index is 199. The highest BCUT2D eigenvalue weighted by atomic mass is 16.3. The predicted molar refractivity (Wildman–Crippen MR) is 62.9 cm³/mol. The topological polar surface area (TPSA) is 23.5 Å². The number of aliphatic hydroxyl groups is 1. The van der Waals surface area contributed by atoms with Crippen LogP contribution in [0.2, 0.25) is 0 Å². The van der Waals surface area contributed by atoms with Crippen molar-refractivity contribution in [2.75, 3.05) is 13.1 Å². The Morgan fingerprint density at radius 2 is 1.93 bits per heavy atom. The van der Waals surface area contributed by atoms with Crippen LogP contribution in [0.3, 0.4) is 0 Å². The molecule has 88 valence electrons. The molecule has 1 unspecified atom stereocenters. The molecule has 2 nitrogen and oxygen atoms in total. The fourth-order valence-electron chi connectivity index (χ4n) is 3.40. The van der Waals surface area contributed by atoms with Gasteiger partial charge in [0.1, 0.15) is 0 Å². The molecule has 1 aliphatic carbocycles. The standard InChI is InChI=1S/C13H25NO/c1-2-14-10-6-7-12(14)11-13(15)8-4-3-5-9-13/h12,15H,2-11H2,1H3. The molecule has 0 spiro atoms. The van der Waals surface area contributed by atoms with E-state index < -0.39 is 0 Å². The number of nitrogens with zero attached hydrogens (tertiary/aromatic N) is 1. The average Bonchev–Trinajstić information content (AvgIpc) is 2.65. The van der Waals surface area contributed by atoms with Gasteiger partial charge in [0.2, 0.25) is 0 Å². The van der Waals surface area contributed by atoms with Crippen molar-refractivity contribution in [3.05, 3.63) is 0 Å². The van der Waals surface area contributed by atoms with Gasteiger partial charge < -0.3 is 10.0 Å². The van der Waals surface area contributed by atoms with Crippen molar-refractivity contribution in [1.82, 2.24) is 4.90 Å². The minimum Gasteiger partial charge on any atom is -0.390 e. The third kappa shape index (κ3) is 2.73. The normalized spacial score (nSPS) is 32.0. The van der Waals surface area contributed by atoms with Gasteiger partial charge in [-0.3, -0.25) is 0 Å². The Kier molecular flexibility index (Phi) is 3.68. The molecule has 1 saturated heterocycles. The van der Waals surface area contributed by atoms with Crippen LogP contribution in [0.25, 0.3) is 0 Å². The maximum atomic E-state index is 10.5. The molecule has 2 heteroatoms. The number of likely N-dealkylation sites (tertiary alicyclic amines) is 1. The fourth-order valence-corrected chi connectivity index (χ4v) is 3.40. The molecule has 15 heavy (non-hydrogen) atoms. The van der Waals surface area contributed by atoms with Crippen LogP contribution in [-0.2, 0) is 0 Å². The van der Waals surface area contributed by atoms with Gasteiger partial charge in [0.15, 0.2) is 0 Å². The summed E-state index contributed by atoms with van der Waals surface area (Å²) in [6.07, 6.45) is 9.53. The van der Waals surface area contributed by atoms with E-state index in [9.17, 15) is 5.11 Å². The molecule has 0 aromatic carbocycles. The highest BCUT2D eigenvalue weighted by Gasteiger charge is 2.35. The highest BCUT2D eigenvalue weighted by molar-refractivity contribution is 4.90. The van der Waals surface area contributed by atoms with Gasteiger partial charge in [-0.25, -0.2) is 0 Å². The van der Waals surface area contributed by atoms with E-state index in [1.54, 1.807) is 0 Å². The summed E-state index contributed by atoms with van der Waals surface area (Å²) in [5, 5.41) is 10.5. The average molecular weight is 211 g/mol. The Morgan fingerprint density at radius 3 is 2.60 bits per heavy atom. The SMILES string of the molecule is CCN1CCCC1CC1(O)CCCCC1. The van der Waals surface area contributed by atoms with Crippen LogP contribution >= 0.6 is 0 Å². The summed E-state index contributed by atoms with van der Waals surface area (Å²) >= 11 is 0. The molecule has 0 bridgehead atoms. The molecule has 0 amide bonds. The van der Waals surface area contributed by atoms with Crippen molar-refractivity contribution in [1.29, 1.82) is 0 Å². The van der Waals surface area contributed by atoms with E-state index in [1.165, 1.54) is 38.6 Å². The molecule has 1 atom stereocenters. The van der Waals surface area contributed by atoms with E-state index in [0.29, 0.717) is 6.04 Å². The van der Waals surface area contributed by atoms with Crippen LogP contribution in [0.15, 0.2) is 0 Å². The van der Waals surface area contributed by atoms with E-state index in [1.807, 2.05) is 0 Å². The number of hydrogen-bond acceptors (Lipinski definition) is 2. The van der Waals surface area contributed by atoms with Crippen LogP contribution in [0.4, 0.5) is 0 Å². The summed E-state index contributed by atoms with van der Waals surface area (Å²) in [5.74, 6) is 0. The first-order valence-corrected chi connectivity index (χ1v) is 6.70. The minimum atomic E-state index is -0.319. The molecule has 2 rings (SSSR count). The molecular formula is C13H25NO. The van der Waals surface area contributed by atoms with Crippen LogP contribution in [0.1, 0.15) is 58.3 Å². The Hall–Kier alpha value is -0.0800. The fraction of sp³-hybridized carbons (Fsp3) is 1.00. The maximum absolute atomic E-state index is 10.5. The van der Waals surface area contributed by atoms with Crippen LogP contribution < -0.4 is 0 Å². The quantitative estimate of drug-likeness (QED) is 0.775. The van der Waals surface area contributed by atoms with Crippen molar-refractivity contribution in [2.45, 2.75) is 69.9 Å². The third-order valence-corrected chi connectivity index (χ3v) is 4.31. The lowest BCUT2D eigenvalue weighted by molar-refractivity contribution is -0.0216. The summed E-state index contributed by atoms with van der Waals surface area (Å²) in [4.78, 5) is 2.55. The molecule has 2 fully saturated rings. The predicted octanol–water partition coefficient (Wildman–Crippen LogP) is 2.56. The molecular weight excluding hydrogens is 186 g/mol. The summed E-state index contributed by atoms with van der Waals surface area (Å²) in [6.45, 7) is 4.64. The van der Waals surface area contributed by atoms with Gasteiger partial charge >= 0.3 is 0 Å². The van der Waals surface area contributed by atoms with Crippen molar-refractivity contribution in [3.63, 3.8) is 0 Å². The second-order valence-corrected chi connectivity index (χ2v) is 5.41. The first-order valence-electron chi connectivity index (χ1n) is 6.70. The second kappa shape index (κ2) is 4.84. The summed E-state index contributed by atoms with van der Waals surface area (Å²) in [7, 11) is 0. The second-order valence-electron chi connectivity index (χ2n) is 5.41. The molecule has 0 radical (unpaired) electrons. The Balaban J connectivity index is 1.88. The van der Waals surface area contributed by atoms with Gasteiger partial charge in [0.05, 0.1) is 5.60 Å². The van der Waals surface area contributed by atoms with Crippen LogP contribution in [-0.4, -0.2) is 34.7 Å². The van der Waals surface area contributed by atoms with E-state index in [4.69, 9.17) is 0 Å². The van der Waals surface area contributed by atoms with E-state index in [-0.39, 0.29) is 5.60 Å². The van der Waals surface area contributed by atoms with Crippen molar-refractivity contribution in [3.8, 4) is 0 Å². The third-order valence-electron chi connectivity index (χ3n) is 4.31. The number of rotatable bonds is 3. The van der Waals surface area contributed by atoms with E-state index in [2.05, 4.69) is 11.8 Å². The van der Waals surface area contributed by atoms with Crippen molar-refractivity contribution < 1.29 is 5.11 Å². The molecule has 0 aromatic rings. The lowest BCUT2D eigenvalue weighted by Crippen LogP contribution is -2.40. The minimum absolute atomic E-state index is 0.319. The van der Waals surface area contributed by atoms with Crippen molar-refractivity contribution >= 4 is 0 Å². The van der Waals surface area contributed by atoms with Gasteiger partial charge in [-0.2, -0.15) is 0 Å². The Labute approximate surface area is 93.7 Å². The summed E-state index contributed by atoms with van der Waals surface area (Å²) < 4.78 is 0. The molecule has 1 heterocycles. The highest BCUT2D eigenvalue weighted by Crippen LogP contribution is 2.35. The van der Waals surface area contributed by atoms with Crippen LogP contribution in [0, 0.1) is 0 Å². The van der Waals surface area contributed by atoms with Gasteiger partial charge in [-0.1, -0.05) is 26.2 Å². The molecule has 2 aliphatic rings. The van der Waals surface area contributed by atoms with Gasteiger partial charge in [-0.05, 0) is 45.2 Å². The van der Waals surface area contributed by atoms with E-state index in [0.717, 1.165) is 25.8 Å². The molecule has 1 aliphatic heterocycles. The number of hydrogen-bond donors (Lipinski definition) is 1. The zero-order chi connectivity index (χ0) is 10.7. The molecule has 1 saturated carbocycles. The van der Waals surface area contributed by atoms with Crippen LogP contribution in [0.5, 0.6) is 0 Å². The monoisotopic (exact) mass is 211 g/mol. The van der Waals surface area contributed by atoms with Gasteiger partial charge in [-0.15, -0.1) is 0 Å². The largest absolute Gasteiger partial charge is 0.390 e. The maximum Gasteiger partial charge on any atom is 0.0662 e. The molecule has 1 N–H and O–H groups in total. The van der Waals surface area contributed by atoms with E-state index >= 15 is 0 Å². The lowest BCUT2D eigenvalue weighted by Gasteiger charge is -2.36. The first kappa shape index (κ1) is 11.4. The summed E-state index contributed by atoms with van der Waals surface area (Å²) in [6, 6.07) is 0.665. The zero-order valence-corrected chi connectivity index (χ0v) is 10.0. The zero-order valence-electron chi connectivity index (χ0n) is 10.0. The summed E-state index contributed by atoms with van der Waals surface area (Å²) in [5.41, 5.74) is -0.319. The molecule has 0 aromatic heterocycles. The van der Waals surface area contributed by atoms with Gasteiger partial charge in [0, 0.05) is 6.04 Å². The smallest absolute Gasteiger partial charge is 0.0662 e.